The number of anilines is 2. The average molecular weight is 300 g/mol. The van der Waals surface area contributed by atoms with E-state index in [0.29, 0.717) is 11.4 Å². The molecule has 0 aliphatic heterocycles. The third-order valence-corrected chi connectivity index (χ3v) is 3.02. The van der Waals surface area contributed by atoms with Gasteiger partial charge in [0.1, 0.15) is 0 Å². The quantitative estimate of drug-likeness (QED) is 0.797. The second-order valence-corrected chi connectivity index (χ2v) is 4.85. The van der Waals surface area contributed by atoms with Crippen molar-refractivity contribution in [2.75, 3.05) is 10.6 Å². The Bertz CT molecular complexity index is 489. The topological polar surface area (TPSA) is 84.2 Å². The second-order valence-electron chi connectivity index (χ2n) is 4.85. The highest BCUT2D eigenvalue weighted by atomic mass is 35.5. The minimum Gasteiger partial charge on any atom is -0.327 e. The zero-order valence-electron chi connectivity index (χ0n) is 12.2. The number of benzene rings is 1. The number of aryl methyl sites for hydroxylation is 1. The van der Waals surface area contributed by atoms with E-state index in [-0.39, 0.29) is 36.2 Å². The van der Waals surface area contributed by atoms with Gasteiger partial charge in [0.05, 0.1) is 5.92 Å². The fraction of sp³-hybridized carbons (Fsp3) is 0.429. The molecule has 2 unspecified atom stereocenters. The summed E-state index contributed by atoms with van der Waals surface area (Å²) < 4.78 is 0. The Morgan fingerprint density at radius 2 is 1.80 bits per heavy atom. The number of hydrogen-bond acceptors (Lipinski definition) is 3. The van der Waals surface area contributed by atoms with Gasteiger partial charge in [-0.05, 0) is 31.5 Å². The van der Waals surface area contributed by atoms with E-state index in [1.165, 1.54) is 6.92 Å². The molecule has 0 radical (unpaired) electrons. The zero-order valence-corrected chi connectivity index (χ0v) is 13.0. The van der Waals surface area contributed by atoms with Gasteiger partial charge in [-0.3, -0.25) is 9.59 Å². The summed E-state index contributed by atoms with van der Waals surface area (Å²) >= 11 is 0. The minimum atomic E-state index is -0.273. The average Bonchev–Trinajstić information content (AvgIpc) is 2.31. The molecule has 0 aliphatic carbocycles. The summed E-state index contributed by atoms with van der Waals surface area (Å²) in [6, 6.07) is 5.17. The summed E-state index contributed by atoms with van der Waals surface area (Å²) in [5.74, 6) is -0.548. The summed E-state index contributed by atoms with van der Waals surface area (Å²) in [4.78, 5) is 23.0. The van der Waals surface area contributed by atoms with Gasteiger partial charge in [0.25, 0.3) is 0 Å². The van der Waals surface area contributed by atoms with Crippen LogP contribution in [0, 0.1) is 12.8 Å². The van der Waals surface area contributed by atoms with Crippen molar-refractivity contribution >= 4 is 35.6 Å². The number of hydrogen-bond donors (Lipinski definition) is 3. The Morgan fingerprint density at radius 1 is 1.20 bits per heavy atom. The van der Waals surface area contributed by atoms with Crippen molar-refractivity contribution in [3.05, 3.63) is 23.8 Å². The van der Waals surface area contributed by atoms with E-state index in [1.54, 1.807) is 26.0 Å². The van der Waals surface area contributed by atoms with Gasteiger partial charge in [-0.25, -0.2) is 0 Å². The predicted molar refractivity (Wildman–Crippen MR) is 84.2 cm³/mol. The molecule has 2 amide bonds. The maximum Gasteiger partial charge on any atom is 0.228 e. The van der Waals surface area contributed by atoms with E-state index < -0.39 is 0 Å². The van der Waals surface area contributed by atoms with Crippen LogP contribution >= 0.6 is 12.4 Å². The molecule has 1 aromatic rings. The summed E-state index contributed by atoms with van der Waals surface area (Å²) in [6.07, 6.45) is 0. The first kappa shape index (κ1) is 18.4. The molecular formula is C14H22ClN3O2. The number of carbonyl (C=O) groups excluding carboxylic acids is 2. The monoisotopic (exact) mass is 299 g/mol. The lowest BCUT2D eigenvalue weighted by atomic mass is 10.0. The Morgan fingerprint density at radius 3 is 2.30 bits per heavy atom. The maximum atomic E-state index is 11.9. The van der Waals surface area contributed by atoms with Gasteiger partial charge < -0.3 is 16.4 Å². The highest BCUT2D eigenvalue weighted by Gasteiger charge is 2.17. The lowest BCUT2D eigenvalue weighted by Crippen LogP contribution is -2.34. The van der Waals surface area contributed by atoms with Crippen molar-refractivity contribution in [1.82, 2.24) is 0 Å². The maximum absolute atomic E-state index is 11.9. The van der Waals surface area contributed by atoms with Crippen molar-refractivity contribution < 1.29 is 9.59 Å². The molecule has 0 saturated heterocycles. The first-order valence-corrected chi connectivity index (χ1v) is 6.26. The van der Waals surface area contributed by atoms with E-state index in [2.05, 4.69) is 10.6 Å². The smallest absolute Gasteiger partial charge is 0.228 e. The minimum absolute atomic E-state index is 0. The van der Waals surface area contributed by atoms with Crippen molar-refractivity contribution in [2.45, 2.75) is 33.7 Å². The first-order valence-electron chi connectivity index (χ1n) is 6.26. The molecule has 0 fully saturated rings. The third kappa shape index (κ3) is 5.19. The van der Waals surface area contributed by atoms with Gasteiger partial charge in [0, 0.05) is 24.3 Å². The molecule has 0 spiro atoms. The number of amides is 2. The van der Waals surface area contributed by atoms with Gasteiger partial charge in [-0.1, -0.05) is 13.0 Å². The van der Waals surface area contributed by atoms with Crippen LogP contribution in [0.15, 0.2) is 18.2 Å². The largest absolute Gasteiger partial charge is 0.327 e. The summed E-state index contributed by atoms with van der Waals surface area (Å²) in [5, 5.41) is 5.52. The molecule has 0 aromatic heterocycles. The molecule has 0 saturated carbocycles. The first-order chi connectivity index (χ1) is 8.81. The van der Waals surface area contributed by atoms with Crippen molar-refractivity contribution in [2.24, 2.45) is 11.7 Å². The molecule has 2 atom stereocenters. The van der Waals surface area contributed by atoms with Crippen LogP contribution in [-0.2, 0) is 9.59 Å². The Kier molecular flexibility index (Phi) is 7.24. The van der Waals surface area contributed by atoms with Crippen LogP contribution in [0.5, 0.6) is 0 Å². The van der Waals surface area contributed by atoms with Crippen molar-refractivity contribution in [3.8, 4) is 0 Å². The molecule has 20 heavy (non-hydrogen) atoms. The molecule has 0 aliphatic rings. The van der Waals surface area contributed by atoms with Crippen LogP contribution in [-0.4, -0.2) is 17.9 Å². The van der Waals surface area contributed by atoms with E-state index >= 15 is 0 Å². The van der Waals surface area contributed by atoms with E-state index in [1.807, 2.05) is 13.0 Å². The second kappa shape index (κ2) is 7.87. The predicted octanol–water partition coefficient (Wildman–Crippen LogP) is 2.30. The fourth-order valence-corrected chi connectivity index (χ4v) is 1.52. The lowest BCUT2D eigenvalue weighted by Gasteiger charge is -2.16. The lowest BCUT2D eigenvalue weighted by molar-refractivity contribution is -0.119. The number of halogens is 1. The van der Waals surface area contributed by atoms with Gasteiger partial charge in [0.15, 0.2) is 0 Å². The zero-order chi connectivity index (χ0) is 14.6. The molecule has 4 N–H and O–H groups in total. The molecule has 6 heteroatoms. The summed E-state index contributed by atoms with van der Waals surface area (Å²) in [7, 11) is 0. The van der Waals surface area contributed by atoms with Crippen LogP contribution in [0.3, 0.4) is 0 Å². The van der Waals surface area contributed by atoms with E-state index in [4.69, 9.17) is 5.73 Å². The van der Waals surface area contributed by atoms with Gasteiger partial charge in [-0.2, -0.15) is 0 Å². The van der Waals surface area contributed by atoms with Crippen LogP contribution in [0.25, 0.3) is 0 Å². The molecule has 1 aromatic carbocycles. The van der Waals surface area contributed by atoms with Gasteiger partial charge in [-0.15, -0.1) is 12.4 Å². The molecular weight excluding hydrogens is 278 g/mol. The van der Waals surface area contributed by atoms with E-state index in [9.17, 15) is 9.59 Å². The standard InChI is InChI=1S/C14H21N3O2.ClH/c1-8-5-6-12(7-13(8)16-11(4)18)17-14(19)9(2)10(3)15;/h5-7,9-10H,15H2,1-4H3,(H,16,18)(H,17,19);1H. The number of nitrogens with one attached hydrogen (secondary N) is 2. The van der Waals surface area contributed by atoms with Crippen LogP contribution in [0.2, 0.25) is 0 Å². The molecule has 5 nitrogen and oxygen atoms in total. The van der Waals surface area contributed by atoms with Crippen LogP contribution < -0.4 is 16.4 Å². The SMILES string of the molecule is CC(=O)Nc1cc(NC(=O)C(C)C(C)N)ccc1C.Cl. The Hall–Kier alpha value is -1.59. The Balaban J connectivity index is 0.00000361. The number of rotatable bonds is 4. The number of carbonyl (C=O) groups is 2. The fourth-order valence-electron chi connectivity index (χ4n) is 1.52. The van der Waals surface area contributed by atoms with Gasteiger partial charge in [0.2, 0.25) is 11.8 Å². The molecule has 0 heterocycles. The van der Waals surface area contributed by atoms with Crippen LogP contribution in [0.4, 0.5) is 11.4 Å². The summed E-state index contributed by atoms with van der Waals surface area (Å²) in [5.41, 5.74) is 7.97. The third-order valence-electron chi connectivity index (χ3n) is 3.02. The molecule has 0 bridgehead atoms. The molecule has 1 rings (SSSR count). The van der Waals surface area contributed by atoms with Gasteiger partial charge >= 0.3 is 0 Å². The van der Waals surface area contributed by atoms with Crippen molar-refractivity contribution in [3.63, 3.8) is 0 Å². The molecule has 112 valence electrons. The Labute approximate surface area is 125 Å². The van der Waals surface area contributed by atoms with Crippen molar-refractivity contribution in [1.29, 1.82) is 0 Å². The van der Waals surface area contributed by atoms with E-state index in [0.717, 1.165) is 5.56 Å². The normalized spacial score (nSPS) is 12.8. The number of nitrogens with two attached hydrogens (primary N) is 1. The highest BCUT2D eigenvalue weighted by molar-refractivity contribution is 5.95. The summed E-state index contributed by atoms with van der Waals surface area (Å²) in [6.45, 7) is 6.91. The highest BCUT2D eigenvalue weighted by Crippen LogP contribution is 2.21. The van der Waals surface area contributed by atoms with Crippen LogP contribution in [0.1, 0.15) is 26.3 Å².